The van der Waals surface area contributed by atoms with Crippen LogP contribution < -0.4 is 0 Å². The smallest absolute Gasteiger partial charge is 0.308 e. The van der Waals surface area contributed by atoms with E-state index in [1.165, 1.54) is 6.08 Å². The van der Waals surface area contributed by atoms with E-state index < -0.39 is 17.7 Å². The van der Waals surface area contributed by atoms with E-state index in [0.29, 0.717) is 6.42 Å². The van der Waals surface area contributed by atoms with Crippen LogP contribution in [0.4, 0.5) is 0 Å². The van der Waals surface area contributed by atoms with Gasteiger partial charge in [-0.1, -0.05) is 25.2 Å². The maximum absolute atomic E-state index is 11.3. The molecule has 0 aromatic heterocycles. The number of carbonyl (C=O) groups is 1. The molecule has 1 aliphatic carbocycles. The van der Waals surface area contributed by atoms with Gasteiger partial charge >= 0.3 is 5.97 Å². The monoisotopic (exact) mass is 221 g/mol. The van der Waals surface area contributed by atoms with Gasteiger partial charge in [-0.2, -0.15) is 5.26 Å². The average Bonchev–Trinajstić information content (AvgIpc) is 2.22. The molecule has 0 aliphatic heterocycles. The van der Waals surface area contributed by atoms with E-state index in [1.54, 1.807) is 18.2 Å². The minimum absolute atomic E-state index is 0.108. The lowest BCUT2D eigenvalue weighted by molar-refractivity contribution is -0.202. The molecule has 4 heteroatoms. The van der Waals surface area contributed by atoms with Crippen molar-refractivity contribution >= 4 is 5.97 Å². The summed E-state index contributed by atoms with van der Waals surface area (Å²) in [6.45, 7) is 1.86. The highest BCUT2D eigenvalue weighted by atomic mass is 16.7. The molecule has 2 atom stereocenters. The number of rotatable bonds is 4. The highest BCUT2D eigenvalue weighted by Crippen LogP contribution is 2.28. The van der Waals surface area contributed by atoms with Crippen LogP contribution in [0.5, 0.6) is 0 Å². The highest BCUT2D eigenvalue weighted by Gasteiger charge is 2.37. The minimum Gasteiger partial charge on any atom is -0.429 e. The number of ether oxygens (including phenoxy) is 1. The molecule has 0 aromatic rings. The van der Waals surface area contributed by atoms with Crippen LogP contribution in [0.1, 0.15) is 26.2 Å². The second-order valence-electron chi connectivity index (χ2n) is 3.69. The Kier molecular flexibility index (Phi) is 4.27. The Bertz CT molecular complexity index is 354. The molecule has 0 aromatic carbocycles. The standard InChI is InChI=1S/C12H15NO3/c1-2-5-11(14)16-12(15)8-4-3-6-10(12)7-9-13/h3-4,6,8,10,15H,2,5,7H2,1H3. The summed E-state index contributed by atoms with van der Waals surface area (Å²) in [4.78, 5) is 11.3. The lowest BCUT2D eigenvalue weighted by Crippen LogP contribution is -2.40. The summed E-state index contributed by atoms with van der Waals surface area (Å²) >= 11 is 0. The van der Waals surface area contributed by atoms with E-state index >= 15 is 0 Å². The van der Waals surface area contributed by atoms with Crippen molar-refractivity contribution in [1.29, 1.82) is 5.26 Å². The van der Waals surface area contributed by atoms with Crippen LogP contribution in [-0.2, 0) is 9.53 Å². The fraction of sp³-hybridized carbons (Fsp3) is 0.500. The van der Waals surface area contributed by atoms with Gasteiger partial charge in [-0.15, -0.1) is 0 Å². The first kappa shape index (κ1) is 12.5. The normalized spacial score (nSPS) is 27.4. The third-order valence-electron chi connectivity index (χ3n) is 2.36. The van der Waals surface area contributed by atoms with E-state index in [-0.39, 0.29) is 12.8 Å². The van der Waals surface area contributed by atoms with Crippen molar-refractivity contribution < 1.29 is 14.6 Å². The molecule has 0 spiro atoms. The van der Waals surface area contributed by atoms with Gasteiger partial charge in [0.15, 0.2) is 0 Å². The van der Waals surface area contributed by atoms with Crippen LogP contribution >= 0.6 is 0 Å². The summed E-state index contributed by atoms with van der Waals surface area (Å²) in [6.07, 6.45) is 7.44. The van der Waals surface area contributed by atoms with Crippen molar-refractivity contribution in [3.05, 3.63) is 24.3 Å². The van der Waals surface area contributed by atoms with Gasteiger partial charge in [-0.25, -0.2) is 0 Å². The third kappa shape index (κ3) is 2.94. The first-order valence-electron chi connectivity index (χ1n) is 5.29. The fourth-order valence-electron chi connectivity index (χ4n) is 1.51. The second kappa shape index (κ2) is 5.47. The van der Waals surface area contributed by atoms with Gasteiger partial charge in [0.1, 0.15) is 0 Å². The lowest BCUT2D eigenvalue weighted by atomic mass is 9.91. The van der Waals surface area contributed by atoms with E-state index in [1.807, 2.05) is 13.0 Å². The Morgan fingerprint density at radius 3 is 3.00 bits per heavy atom. The second-order valence-corrected chi connectivity index (χ2v) is 3.69. The van der Waals surface area contributed by atoms with Gasteiger partial charge in [-0.3, -0.25) is 4.79 Å². The lowest BCUT2D eigenvalue weighted by Gasteiger charge is -2.31. The molecule has 0 bridgehead atoms. The molecule has 1 N–H and O–H groups in total. The molecule has 0 saturated carbocycles. The fourth-order valence-corrected chi connectivity index (χ4v) is 1.51. The van der Waals surface area contributed by atoms with Gasteiger partial charge < -0.3 is 9.84 Å². The van der Waals surface area contributed by atoms with Crippen LogP contribution in [0.25, 0.3) is 0 Å². The number of allylic oxidation sites excluding steroid dienone is 2. The molecule has 4 nitrogen and oxygen atoms in total. The zero-order valence-electron chi connectivity index (χ0n) is 9.22. The number of carbonyl (C=O) groups excluding carboxylic acids is 1. The van der Waals surface area contributed by atoms with Crippen LogP contribution in [0.2, 0.25) is 0 Å². The molecule has 0 saturated heterocycles. The molecule has 16 heavy (non-hydrogen) atoms. The van der Waals surface area contributed by atoms with Crippen molar-refractivity contribution in [2.45, 2.75) is 32.0 Å². The van der Waals surface area contributed by atoms with Crippen LogP contribution in [0.15, 0.2) is 24.3 Å². The summed E-state index contributed by atoms with van der Waals surface area (Å²) in [5.41, 5.74) is 0. The average molecular weight is 221 g/mol. The summed E-state index contributed by atoms with van der Waals surface area (Å²) in [5.74, 6) is -2.62. The van der Waals surface area contributed by atoms with E-state index in [9.17, 15) is 9.90 Å². The summed E-state index contributed by atoms with van der Waals surface area (Å²) in [6, 6.07) is 1.96. The predicted octanol–water partition coefficient (Wildman–Crippen LogP) is 1.67. The zero-order chi connectivity index (χ0) is 12.0. The molecular formula is C12H15NO3. The minimum atomic E-state index is -1.67. The number of hydrogen-bond donors (Lipinski definition) is 1. The third-order valence-corrected chi connectivity index (χ3v) is 2.36. The van der Waals surface area contributed by atoms with Crippen molar-refractivity contribution in [1.82, 2.24) is 0 Å². The Labute approximate surface area is 94.8 Å². The molecule has 0 amide bonds. The van der Waals surface area contributed by atoms with Crippen molar-refractivity contribution in [3.63, 3.8) is 0 Å². The maximum Gasteiger partial charge on any atom is 0.308 e. The van der Waals surface area contributed by atoms with Gasteiger partial charge in [0.05, 0.1) is 12.0 Å². The number of nitrogens with zero attached hydrogens (tertiary/aromatic N) is 1. The molecule has 0 fully saturated rings. The Morgan fingerprint density at radius 1 is 1.62 bits per heavy atom. The first-order chi connectivity index (χ1) is 7.62. The Morgan fingerprint density at radius 2 is 2.38 bits per heavy atom. The molecule has 86 valence electrons. The Balaban J connectivity index is 2.73. The van der Waals surface area contributed by atoms with Crippen LogP contribution in [0.3, 0.4) is 0 Å². The van der Waals surface area contributed by atoms with E-state index in [0.717, 1.165) is 0 Å². The molecule has 0 heterocycles. The van der Waals surface area contributed by atoms with Crippen molar-refractivity contribution in [2.24, 2.45) is 5.92 Å². The van der Waals surface area contributed by atoms with Crippen LogP contribution in [-0.4, -0.2) is 16.9 Å². The molecular weight excluding hydrogens is 206 g/mol. The number of esters is 1. The van der Waals surface area contributed by atoms with Gasteiger partial charge in [0.2, 0.25) is 5.79 Å². The largest absolute Gasteiger partial charge is 0.429 e. The van der Waals surface area contributed by atoms with Crippen LogP contribution in [0, 0.1) is 17.2 Å². The molecule has 2 unspecified atom stereocenters. The first-order valence-corrected chi connectivity index (χ1v) is 5.29. The topological polar surface area (TPSA) is 70.3 Å². The number of nitriles is 1. The Hall–Kier alpha value is -1.60. The van der Waals surface area contributed by atoms with E-state index in [4.69, 9.17) is 10.00 Å². The van der Waals surface area contributed by atoms with Gasteiger partial charge in [0, 0.05) is 12.8 Å². The van der Waals surface area contributed by atoms with Crippen molar-refractivity contribution in [2.75, 3.05) is 0 Å². The predicted molar refractivity (Wildman–Crippen MR) is 57.9 cm³/mol. The summed E-state index contributed by atoms with van der Waals surface area (Å²) in [5, 5.41) is 18.8. The highest BCUT2D eigenvalue weighted by molar-refractivity contribution is 5.70. The summed E-state index contributed by atoms with van der Waals surface area (Å²) < 4.78 is 5.01. The summed E-state index contributed by atoms with van der Waals surface area (Å²) in [7, 11) is 0. The molecule has 0 radical (unpaired) electrons. The molecule has 1 aliphatic rings. The van der Waals surface area contributed by atoms with Gasteiger partial charge in [0.25, 0.3) is 0 Å². The SMILES string of the molecule is CCCC(=O)OC1(O)C=CC=CC1CC#N. The maximum atomic E-state index is 11.3. The number of hydrogen-bond acceptors (Lipinski definition) is 4. The van der Waals surface area contributed by atoms with Crippen molar-refractivity contribution in [3.8, 4) is 6.07 Å². The molecule has 1 rings (SSSR count). The number of aliphatic hydroxyl groups is 1. The van der Waals surface area contributed by atoms with E-state index in [2.05, 4.69) is 0 Å². The van der Waals surface area contributed by atoms with Gasteiger partial charge in [-0.05, 0) is 12.5 Å². The quantitative estimate of drug-likeness (QED) is 0.579. The zero-order valence-corrected chi connectivity index (χ0v) is 9.22.